The second-order valence-electron chi connectivity index (χ2n) is 21.6. The number of ether oxygens (including phenoxy) is 1. The fourth-order valence-electron chi connectivity index (χ4n) is 14.0. The van der Waals surface area contributed by atoms with E-state index in [2.05, 4.69) is 58.7 Å². The van der Waals surface area contributed by atoms with Crippen LogP contribution in [0.1, 0.15) is 153 Å². The topological polar surface area (TPSA) is 133 Å². The monoisotopic (exact) mass is 767 g/mol. The number of nitrogens with one attached hydrogen (secondary N) is 1. The number of hydrogen-bond acceptors (Lipinski definition) is 7. The molecule has 6 aliphatic rings. The highest BCUT2D eigenvalue weighted by Crippen LogP contribution is 2.77. The van der Waals surface area contributed by atoms with Crippen LogP contribution >= 0.6 is 0 Å². The fourth-order valence-corrected chi connectivity index (χ4v) is 14.0. The first-order valence-corrected chi connectivity index (χ1v) is 21.9. The normalized spacial score (nSPS) is 37.7. The molecule has 9 atom stereocenters. The predicted molar refractivity (Wildman–Crippen MR) is 214 cm³/mol. The third kappa shape index (κ3) is 7.05. The number of ketones is 1. The van der Waals surface area contributed by atoms with Crippen LogP contribution in [0.3, 0.4) is 0 Å². The molecule has 5 saturated carbocycles. The van der Waals surface area contributed by atoms with Crippen molar-refractivity contribution in [2.24, 2.45) is 62.1 Å². The van der Waals surface area contributed by atoms with E-state index >= 15 is 0 Å². The summed E-state index contributed by atoms with van der Waals surface area (Å²) in [6.45, 7) is 23.9. The highest BCUT2D eigenvalue weighted by atomic mass is 16.5. The molecule has 6 aliphatic carbocycles. The number of Topliss-reactive ketones (excluding diaryl/α,β-unsaturated/α-hetero) is 1. The van der Waals surface area contributed by atoms with Crippen LogP contribution < -0.4 is 5.32 Å². The molecule has 3 N–H and O–H groups in total. The Balaban J connectivity index is 1.27. The molecule has 0 radical (unpaired) electrons. The largest absolute Gasteiger partial charge is 0.481 e. The van der Waals surface area contributed by atoms with Crippen molar-refractivity contribution in [1.82, 2.24) is 10.2 Å². The molecule has 0 aliphatic heterocycles. The molecule has 0 aromatic carbocycles. The van der Waals surface area contributed by atoms with E-state index < -0.39 is 28.9 Å². The molecule has 0 aromatic heterocycles. The van der Waals surface area contributed by atoms with E-state index in [1.54, 1.807) is 20.8 Å². The first kappa shape index (κ1) is 42.3. The summed E-state index contributed by atoms with van der Waals surface area (Å²) in [6, 6.07) is 0. The molecular weight excluding hydrogens is 693 g/mol. The molecule has 0 aromatic rings. The molecule has 310 valence electrons. The number of carboxylic acids is 1. The van der Waals surface area contributed by atoms with Gasteiger partial charge in [0, 0.05) is 50.4 Å². The van der Waals surface area contributed by atoms with Crippen LogP contribution in [-0.4, -0.2) is 77.1 Å². The highest BCUT2D eigenvalue weighted by Gasteiger charge is 2.71. The van der Waals surface area contributed by atoms with Crippen molar-refractivity contribution < 1.29 is 34.1 Å². The van der Waals surface area contributed by atoms with E-state index in [9.17, 15) is 29.4 Å². The average Bonchev–Trinajstić information content (AvgIpc) is 3.37. The number of carbonyl (C=O) groups is 4. The molecule has 0 bridgehead atoms. The van der Waals surface area contributed by atoms with Gasteiger partial charge in [-0.2, -0.15) is 0 Å². The summed E-state index contributed by atoms with van der Waals surface area (Å²) in [7, 11) is 0. The quantitative estimate of drug-likeness (QED) is 0.161. The Morgan fingerprint density at radius 2 is 1.62 bits per heavy atom. The first-order valence-electron chi connectivity index (χ1n) is 21.9. The molecule has 0 heterocycles. The summed E-state index contributed by atoms with van der Waals surface area (Å²) < 4.78 is 6.18. The molecule has 55 heavy (non-hydrogen) atoms. The molecule has 0 saturated heterocycles. The molecule has 0 spiro atoms. The van der Waals surface area contributed by atoms with Crippen molar-refractivity contribution in [3.63, 3.8) is 0 Å². The van der Waals surface area contributed by atoms with Crippen LogP contribution in [0.15, 0.2) is 11.1 Å². The van der Waals surface area contributed by atoms with Gasteiger partial charge < -0.3 is 20.3 Å². The molecule has 9 nitrogen and oxygen atoms in total. The second-order valence-corrected chi connectivity index (χ2v) is 21.6. The van der Waals surface area contributed by atoms with Gasteiger partial charge in [0.1, 0.15) is 6.10 Å². The number of amides is 1. The van der Waals surface area contributed by atoms with Gasteiger partial charge in [0.2, 0.25) is 5.91 Å². The Morgan fingerprint density at radius 3 is 2.22 bits per heavy atom. The Kier molecular flexibility index (Phi) is 11.4. The van der Waals surface area contributed by atoms with Gasteiger partial charge in [-0.15, -0.1) is 0 Å². The van der Waals surface area contributed by atoms with Crippen molar-refractivity contribution >= 4 is 23.6 Å². The Hall–Kier alpha value is -2.26. The summed E-state index contributed by atoms with van der Waals surface area (Å²) in [5.41, 5.74) is 0.392. The number of aliphatic hydroxyl groups excluding tert-OH is 1. The number of hydrogen-bond donors (Lipinski definition) is 3. The van der Waals surface area contributed by atoms with E-state index in [1.165, 1.54) is 24.8 Å². The van der Waals surface area contributed by atoms with Crippen LogP contribution in [0.2, 0.25) is 0 Å². The lowest BCUT2D eigenvalue weighted by Crippen LogP contribution is -2.66. The third-order valence-electron chi connectivity index (χ3n) is 17.5. The Labute approximate surface area is 331 Å². The van der Waals surface area contributed by atoms with Crippen LogP contribution in [0.4, 0.5) is 0 Å². The maximum Gasteiger partial charge on any atom is 0.309 e. The van der Waals surface area contributed by atoms with Gasteiger partial charge in [-0.3, -0.25) is 24.1 Å². The maximum absolute atomic E-state index is 14.2. The highest BCUT2D eigenvalue weighted by molar-refractivity contribution is 6.00. The summed E-state index contributed by atoms with van der Waals surface area (Å²) in [5.74, 6) is 0.597. The predicted octanol–water partition coefficient (Wildman–Crippen LogP) is 7.98. The zero-order chi connectivity index (χ0) is 40.5. The molecular formula is C46H74N2O7. The van der Waals surface area contributed by atoms with Gasteiger partial charge in [-0.05, 0) is 129 Å². The number of allylic oxidation sites excluding steroid dienone is 1. The number of esters is 1. The number of fused-ring (bicyclic) bond motifs is 7. The van der Waals surface area contributed by atoms with Crippen LogP contribution in [-0.2, 0) is 23.9 Å². The maximum atomic E-state index is 14.2. The third-order valence-corrected chi connectivity index (χ3v) is 17.5. The van der Waals surface area contributed by atoms with Gasteiger partial charge in [0.25, 0.3) is 0 Å². The van der Waals surface area contributed by atoms with Crippen LogP contribution in [0.5, 0.6) is 0 Å². The van der Waals surface area contributed by atoms with E-state index in [4.69, 9.17) is 4.74 Å². The minimum absolute atomic E-state index is 0.0277. The van der Waals surface area contributed by atoms with E-state index in [-0.39, 0.29) is 57.7 Å². The van der Waals surface area contributed by atoms with Crippen molar-refractivity contribution in [3.05, 3.63) is 11.1 Å². The van der Waals surface area contributed by atoms with Crippen molar-refractivity contribution in [2.75, 3.05) is 26.2 Å². The molecule has 6 rings (SSSR count). The Morgan fingerprint density at radius 1 is 0.927 bits per heavy atom. The van der Waals surface area contributed by atoms with Gasteiger partial charge in [0.15, 0.2) is 5.78 Å². The molecule has 1 amide bonds. The van der Waals surface area contributed by atoms with Crippen LogP contribution in [0, 0.1) is 62.1 Å². The number of carbonyl (C=O) groups excluding carboxylic acids is 3. The number of aliphatic carboxylic acids is 1. The molecule has 5 fully saturated rings. The smallest absolute Gasteiger partial charge is 0.309 e. The van der Waals surface area contributed by atoms with Gasteiger partial charge in [-0.25, -0.2) is 0 Å². The number of aliphatic hydroxyl groups is 1. The average molecular weight is 767 g/mol. The number of rotatable bonds is 13. The first-order chi connectivity index (χ1) is 25.5. The zero-order valence-corrected chi connectivity index (χ0v) is 35.9. The van der Waals surface area contributed by atoms with Crippen molar-refractivity contribution in [3.8, 4) is 0 Å². The minimum Gasteiger partial charge on any atom is -0.481 e. The standard InChI is InChI=1S/C46H74N2O7/c1-28(2)38-32(50)24-46(35(51)27-48(23-22-47-29(3)49)26-30-12-11-13-30)21-20-44(9)31(39(38)46)14-15-34-43(8)18-17-36(55-37(52)25-41(4,5)40(53)54)42(6,7)33(43)16-19-45(34,44)10/h28,30-31,33-36,51H,11-27H2,1-10H3,(H,47,49)(H,53,54)/t31-,33+,34-,35?,36+,43+,44-,45-,46?/m1/s1. The summed E-state index contributed by atoms with van der Waals surface area (Å²) >= 11 is 0. The van der Waals surface area contributed by atoms with E-state index in [1.807, 2.05) is 0 Å². The van der Waals surface area contributed by atoms with Crippen LogP contribution in [0.25, 0.3) is 0 Å². The summed E-state index contributed by atoms with van der Waals surface area (Å²) in [6.07, 6.45) is 10.8. The zero-order valence-electron chi connectivity index (χ0n) is 35.9. The summed E-state index contributed by atoms with van der Waals surface area (Å²) in [5, 5.41) is 25.2. The number of nitrogens with zero attached hydrogens (tertiary/aromatic N) is 1. The molecule has 9 heteroatoms. The molecule has 2 unspecified atom stereocenters. The van der Waals surface area contributed by atoms with E-state index in [0.717, 1.165) is 63.5 Å². The lowest BCUT2D eigenvalue weighted by atomic mass is 9.33. The van der Waals surface area contributed by atoms with Crippen molar-refractivity contribution in [1.29, 1.82) is 0 Å². The van der Waals surface area contributed by atoms with Gasteiger partial charge in [-0.1, -0.05) is 60.5 Å². The Bertz CT molecular complexity index is 1560. The minimum atomic E-state index is -1.17. The van der Waals surface area contributed by atoms with Gasteiger partial charge >= 0.3 is 11.9 Å². The van der Waals surface area contributed by atoms with Gasteiger partial charge in [0.05, 0.1) is 17.9 Å². The summed E-state index contributed by atoms with van der Waals surface area (Å²) in [4.78, 5) is 53.3. The fraction of sp³-hybridized carbons (Fsp3) is 0.870. The van der Waals surface area contributed by atoms with E-state index in [0.29, 0.717) is 43.8 Å². The second kappa shape index (κ2) is 14.8. The SMILES string of the molecule is CC(=O)NCCN(CC1CCC1)CC(O)C12CC[C@]3(C)[C@H](CC[C@@H]4[C@@]5(C)CC[C@H](OC(=O)CC(C)(C)C(=O)O)C(C)(C)[C@@H]5CC[C@]43C)C1=C(C(C)C)C(=O)C2. The van der Waals surface area contributed by atoms with Crippen molar-refractivity contribution in [2.45, 2.75) is 165 Å². The lowest BCUT2D eigenvalue weighted by molar-refractivity contribution is -0.235. The number of carboxylic acid groups (broad SMARTS) is 1. The lowest BCUT2D eigenvalue weighted by Gasteiger charge is -2.72.